The lowest BCUT2D eigenvalue weighted by molar-refractivity contribution is 0.0832. The average Bonchev–Trinajstić information content (AvgIpc) is 3.14. The number of rotatable bonds is 5. The summed E-state index contributed by atoms with van der Waals surface area (Å²) in [4.78, 5) is 25.0. The van der Waals surface area contributed by atoms with Gasteiger partial charge in [-0.05, 0) is 49.4 Å². The van der Waals surface area contributed by atoms with Gasteiger partial charge in [-0.3, -0.25) is 25.2 Å². The van der Waals surface area contributed by atoms with Crippen LogP contribution in [0.3, 0.4) is 0 Å². The number of benzene rings is 3. The number of anilines is 1. The quantitative estimate of drug-likeness (QED) is 0.387. The van der Waals surface area contributed by atoms with Crippen molar-refractivity contribution in [3.63, 3.8) is 0 Å². The van der Waals surface area contributed by atoms with Crippen molar-refractivity contribution in [2.45, 2.75) is 11.8 Å². The zero-order valence-corrected chi connectivity index (χ0v) is 18.1. The number of hydrazine groups is 1. The third kappa shape index (κ3) is 4.55. The first-order valence-corrected chi connectivity index (χ1v) is 11.2. The topological polar surface area (TPSA) is 118 Å². The monoisotopic (exact) mass is 467 g/mol. The molecule has 0 unspecified atom stereocenters. The van der Waals surface area contributed by atoms with Gasteiger partial charge in [0.2, 0.25) is 0 Å². The Morgan fingerprint density at radius 1 is 0.848 bits per heavy atom. The number of carbonyl (C=O) groups is 2. The van der Waals surface area contributed by atoms with Crippen molar-refractivity contribution in [2.24, 2.45) is 0 Å². The normalized spacial score (nSPS) is 11.2. The van der Waals surface area contributed by atoms with Gasteiger partial charge in [-0.25, -0.2) is 12.8 Å². The summed E-state index contributed by atoms with van der Waals surface area (Å²) in [6, 6.07) is 17.2. The highest BCUT2D eigenvalue weighted by Gasteiger charge is 2.21. The molecule has 0 aliphatic carbocycles. The lowest BCUT2D eigenvalue weighted by Crippen LogP contribution is -2.42. The molecule has 4 rings (SSSR count). The zero-order chi connectivity index (χ0) is 23.6. The number of fused-ring (bicyclic) bond motifs is 1. The molecule has 0 aliphatic heterocycles. The van der Waals surface area contributed by atoms with E-state index in [0.717, 1.165) is 29.7 Å². The van der Waals surface area contributed by atoms with Crippen molar-refractivity contribution in [2.75, 3.05) is 4.72 Å². The molecule has 2 amide bonds. The molecule has 10 heteroatoms. The van der Waals surface area contributed by atoms with E-state index in [0.29, 0.717) is 11.1 Å². The van der Waals surface area contributed by atoms with Gasteiger partial charge in [0, 0.05) is 10.9 Å². The Balaban J connectivity index is 1.50. The molecule has 0 saturated carbocycles. The molecule has 1 heterocycles. The summed E-state index contributed by atoms with van der Waals surface area (Å²) in [6.45, 7) is 1.72. The van der Waals surface area contributed by atoms with Gasteiger partial charge < -0.3 is 4.42 Å². The van der Waals surface area contributed by atoms with Crippen LogP contribution in [-0.4, -0.2) is 20.2 Å². The van der Waals surface area contributed by atoms with Crippen LogP contribution in [0.5, 0.6) is 0 Å². The third-order valence-corrected chi connectivity index (χ3v) is 6.26. The second-order valence-electron chi connectivity index (χ2n) is 7.07. The van der Waals surface area contributed by atoms with Gasteiger partial charge in [-0.1, -0.05) is 30.3 Å². The maximum atomic E-state index is 13.1. The summed E-state index contributed by atoms with van der Waals surface area (Å²) in [5, 5.41) is 0.773. The van der Waals surface area contributed by atoms with E-state index in [2.05, 4.69) is 15.6 Å². The van der Waals surface area contributed by atoms with Crippen molar-refractivity contribution in [3.8, 4) is 0 Å². The van der Waals surface area contributed by atoms with Crippen molar-refractivity contribution in [1.82, 2.24) is 10.9 Å². The van der Waals surface area contributed by atoms with Crippen molar-refractivity contribution < 1.29 is 26.8 Å². The molecule has 0 radical (unpaired) electrons. The number of hydrogen-bond acceptors (Lipinski definition) is 5. The molecule has 0 bridgehead atoms. The van der Waals surface area contributed by atoms with E-state index in [1.54, 1.807) is 19.1 Å². The Bertz CT molecular complexity index is 1460. The Labute approximate surface area is 188 Å². The van der Waals surface area contributed by atoms with E-state index in [1.165, 1.54) is 24.3 Å². The van der Waals surface area contributed by atoms with E-state index in [1.807, 2.05) is 12.1 Å². The lowest BCUT2D eigenvalue weighted by Gasteiger charge is -2.13. The molecule has 3 N–H and O–H groups in total. The third-order valence-electron chi connectivity index (χ3n) is 4.88. The Morgan fingerprint density at radius 2 is 1.48 bits per heavy atom. The van der Waals surface area contributed by atoms with Gasteiger partial charge in [0.25, 0.3) is 15.9 Å². The number of amides is 2. The number of sulfonamides is 1. The molecule has 0 spiro atoms. The molecule has 0 fully saturated rings. The minimum atomic E-state index is -4.08. The first-order valence-electron chi connectivity index (χ1n) is 9.72. The minimum absolute atomic E-state index is 0.0199. The van der Waals surface area contributed by atoms with Gasteiger partial charge in [0.15, 0.2) is 5.76 Å². The molecule has 0 aliphatic rings. The maximum Gasteiger partial charge on any atom is 0.305 e. The van der Waals surface area contributed by atoms with Gasteiger partial charge >= 0.3 is 5.91 Å². The van der Waals surface area contributed by atoms with Crippen molar-refractivity contribution >= 4 is 38.5 Å². The summed E-state index contributed by atoms with van der Waals surface area (Å²) < 4.78 is 46.2. The predicted molar refractivity (Wildman–Crippen MR) is 120 cm³/mol. The number of para-hydroxylation sites is 2. The minimum Gasteiger partial charge on any atom is -0.451 e. The standard InChI is InChI=1S/C23H18FN3O5S/c1-14-17-6-3-5-9-20(17)32-21(14)23(29)26-25-22(28)18-7-2-4-8-19(18)27-33(30,31)16-12-10-15(24)11-13-16/h2-13,27H,1H3,(H,25,28)(H,26,29). The van der Waals surface area contributed by atoms with Crippen LogP contribution in [-0.2, 0) is 10.0 Å². The van der Waals surface area contributed by atoms with Crippen LogP contribution in [0.2, 0.25) is 0 Å². The van der Waals surface area contributed by atoms with Crippen molar-refractivity contribution in [1.29, 1.82) is 0 Å². The van der Waals surface area contributed by atoms with E-state index in [4.69, 9.17) is 4.42 Å². The van der Waals surface area contributed by atoms with Crippen LogP contribution in [0.15, 0.2) is 82.1 Å². The second-order valence-corrected chi connectivity index (χ2v) is 8.75. The first kappa shape index (κ1) is 22.0. The van der Waals surface area contributed by atoms with E-state index < -0.39 is 27.7 Å². The SMILES string of the molecule is Cc1c(C(=O)NNC(=O)c2ccccc2NS(=O)(=O)c2ccc(F)cc2)oc2ccccc12. The van der Waals surface area contributed by atoms with Crippen LogP contribution in [0.1, 0.15) is 26.5 Å². The fraction of sp³-hybridized carbons (Fsp3) is 0.0435. The molecular weight excluding hydrogens is 449 g/mol. The number of carbonyl (C=O) groups excluding carboxylic acids is 2. The summed E-state index contributed by atoms with van der Waals surface area (Å²) in [5.74, 6) is -1.96. The molecule has 33 heavy (non-hydrogen) atoms. The summed E-state index contributed by atoms with van der Waals surface area (Å²) in [6.07, 6.45) is 0. The van der Waals surface area contributed by atoms with E-state index in [9.17, 15) is 22.4 Å². The van der Waals surface area contributed by atoms with Gasteiger partial charge in [-0.2, -0.15) is 0 Å². The average molecular weight is 467 g/mol. The molecule has 1 aromatic heterocycles. The zero-order valence-electron chi connectivity index (χ0n) is 17.3. The number of furan rings is 1. The second kappa shape index (κ2) is 8.75. The first-order chi connectivity index (χ1) is 15.8. The Hall–Kier alpha value is -4.18. The van der Waals surface area contributed by atoms with E-state index >= 15 is 0 Å². The van der Waals surface area contributed by atoms with Crippen LogP contribution in [0.25, 0.3) is 11.0 Å². The summed E-state index contributed by atoms with van der Waals surface area (Å²) in [7, 11) is -4.08. The lowest BCUT2D eigenvalue weighted by atomic mass is 10.1. The van der Waals surface area contributed by atoms with Crippen LogP contribution in [0.4, 0.5) is 10.1 Å². The highest BCUT2D eigenvalue weighted by atomic mass is 32.2. The van der Waals surface area contributed by atoms with E-state index in [-0.39, 0.29) is 21.9 Å². The van der Waals surface area contributed by atoms with Gasteiger partial charge in [-0.15, -0.1) is 0 Å². The molecule has 8 nitrogen and oxygen atoms in total. The Kier molecular flexibility index (Phi) is 5.84. The number of halogens is 1. The van der Waals surface area contributed by atoms with Crippen molar-refractivity contribution in [3.05, 3.63) is 95.5 Å². The summed E-state index contributed by atoms with van der Waals surface area (Å²) >= 11 is 0. The molecule has 168 valence electrons. The highest BCUT2D eigenvalue weighted by Crippen LogP contribution is 2.25. The number of aryl methyl sites for hydroxylation is 1. The van der Waals surface area contributed by atoms with Crippen LogP contribution in [0, 0.1) is 12.7 Å². The summed E-state index contributed by atoms with van der Waals surface area (Å²) in [5.41, 5.74) is 5.63. The van der Waals surface area contributed by atoms with Crippen LogP contribution < -0.4 is 15.6 Å². The number of hydrogen-bond donors (Lipinski definition) is 3. The molecule has 0 atom stereocenters. The molecule has 0 saturated heterocycles. The molecular formula is C23H18FN3O5S. The predicted octanol–water partition coefficient (Wildman–Crippen LogP) is 3.76. The fourth-order valence-corrected chi connectivity index (χ4v) is 4.30. The molecule has 3 aromatic carbocycles. The molecule has 4 aromatic rings. The fourth-order valence-electron chi connectivity index (χ4n) is 3.22. The maximum absolute atomic E-state index is 13.1. The van der Waals surface area contributed by atoms with Crippen LogP contribution >= 0.6 is 0 Å². The van der Waals surface area contributed by atoms with Gasteiger partial charge in [0.1, 0.15) is 11.4 Å². The highest BCUT2D eigenvalue weighted by molar-refractivity contribution is 7.92. The smallest absolute Gasteiger partial charge is 0.305 e. The van der Waals surface area contributed by atoms with Gasteiger partial charge in [0.05, 0.1) is 16.1 Å². The Morgan fingerprint density at radius 3 is 2.21 bits per heavy atom. The number of nitrogens with one attached hydrogen (secondary N) is 3. The largest absolute Gasteiger partial charge is 0.451 e.